The Hall–Kier alpha value is -1.61. The molecule has 0 saturated heterocycles. The zero-order chi connectivity index (χ0) is 11.5. The number of nitrogens with zero attached hydrogens (tertiary/aromatic N) is 1. The van der Waals surface area contributed by atoms with E-state index in [1.54, 1.807) is 0 Å². The molecule has 1 heterocycles. The van der Waals surface area contributed by atoms with Gasteiger partial charge in [0.2, 0.25) is 0 Å². The van der Waals surface area contributed by atoms with Gasteiger partial charge in [0.05, 0.1) is 6.42 Å². The highest BCUT2D eigenvalue weighted by atomic mass is 35.5. The van der Waals surface area contributed by atoms with Gasteiger partial charge < -0.3 is 4.42 Å². The maximum atomic E-state index is 11.0. The predicted molar refractivity (Wildman–Crippen MR) is 60.8 cm³/mol. The molecule has 4 heteroatoms. The van der Waals surface area contributed by atoms with E-state index in [4.69, 9.17) is 16.0 Å². The third-order valence-corrected chi connectivity index (χ3v) is 2.58. The Kier molecular flexibility index (Phi) is 3.06. The number of rotatable bonds is 3. The van der Waals surface area contributed by atoms with Gasteiger partial charge in [-0.05, 0) is 11.6 Å². The van der Waals surface area contributed by atoms with Crippen molar-refractivity contribution < 1.29 is 9.21 Å². The molecule has 0 radical (unpaired) electrons. The number of ketones is 1. The summed E-state index contributed by atoms with van der Waals surface area (Å²) in [5.74, 6) is 0.396. The van der Waals surface area contributed by atoms with Crippen molar-refractivity contribution in [2.75, 3.05) is 0 Å². The normalized spacial score (nSPS) is 10.4. The third kappa shape index (κ3) is 2.31. The molecule has 1 aromatic heterocycles. The summed E-state index contributed by atoms with van der Waals surface area (Å²) in [6.07, 6.45) is 1.86. The first-order valence-electron chi connectivity index (χ1n) is 4.85. The first-order valence-corrected chi connectivity index (χ1v) is 5.23. The smallest absolute Gasteiger partial charge is 0.199 e. The van der Waals surface area contributed by atoms with Crippen molar-refractivity contribution in [1.29, 1.82) is 0 Å². The summed E-state index contributed by atoms with van der Waals surface area (Å²) in [4.78, 5) is 15.1. The topological polar surface area (TPSA) is 43.1 Å². The fourth-order valence-electron chi connectivity index (χ4n) is 1.36. The Morgan fingerprint density at radius 1 is 1.44 bits per heavy atom. The molecule has 0 aliphatic heterocycles. The van der Waals surface area contributed by atoms with Gasteiger partial charge in [-0.1, -0.05) is 29.8 Å². The first-order chi connectivity index (χ1) is 7.66. The molecule has 0 saturated carbocycles. The molecule has 0 spiro atoms. The molecule has 0 unspecified atom stereocenters. The van der Waals surface area contributed by atoms with Gasteiger partial charge in [0, 0.05) is 11.9 Å². The standard InChI is InChI=1S/C12H10ClNO2/c1-8(15)11-7-16-12(14-11)6-9-4-2-3-5-10(9)13/h2-5,7H,6H2,1H3. The lowest BCUT2D eigenvalue weighted by Crippen LogP contribution is -1.94. The van der Waals surface area contributed by atoms with Gasteiger partial charge in [-0.2, -0.15) is 0 Å². The van der Waals surface area contributed by atoms with Crippen LogP contribution in [-0.2, 0) is 6.42 Å². The van der Waals surface area contributed by atoms with Crippen LogP contribution in [0.3, 0.4) is 0 Å². The summed E-state index contributed by atoms with van der Waals surface area (Å²) in [5.41, 5.74) is 1.28. The molecule has 0 fully saturated rings. The number of aromatic nitrogens is 1. The lowest BCUT2D eigenvalue weighted by Gasteiger charge is -1.99. The van der Waals surface area contributed by atoms with Crippen molar-refractivity contribution >= 4 is 17.4 Å². The molecule has 3 nitrogen and oxygen atoms in total. The molecule has 0 atom stereocenters. The SMILES string of the molecule is CC(=O)c1coc(Cc2ccccc2Cl)n1. The fourth-order valence-corrected chi connectivity index (χ4v) is 1.56. The van der Waals surface area contributed by atoms with Gasteiger partial charge >= 0.3 is 0 Å². The van der Waals surface area contributed by atoms with Gasteiger partial charge in [0.1, 0.15) is 12.0 Å². The van der Waals surface area contributed by atoms with Crippen LogP contribution < -0.4 is 0 Å². The zero-order valence-corrected chi connectivity index (χ0v) is 9.49. The fraction of sp³-hybridized carbons (Fsp3) is 0.167. The van der Waals surface area contributed by atoms with E-state index in [0.29, 0.717) is 23.0 Å². The summed E-state index contributed by atoms with van der Waals surface area (Å²) in [5, 5.41) is 0.671. The van der Waals surface area contributed by atoms with E-state index in [1.165, 1.54) is 13.2 Å². The van der Waals surface area contributed by atoms with E-state index in [2.05, 4.69) is 4.98 Å². The monoisotopic (exact) mass is 235 g/mol. The minimum absolute atomic E-state index is 0.103. The van der Waals surface area contributed by atoms with Crippen LogP contribution in [-0.4, -0.2) is 10.8 Å². The van der Waals surface area contributed by atoms with Crippen LogP contribution in [0.5, 0.6) is 0 Å². The molecular weight excluding hydrogens is 226 g/mol. The van der Waals surface area contributed by atoms with Gasteiger partial charge in [-0.25, -0.2) is 4.98 Å². The second-order valence-electron chi connectivity index (χ2n) is 3.45. The van der Waals surface area contributed by atoms with Gasteiger partial charge in [-0.15, -0.1) is 0 Å². The average Bonchev–Trinajstić information content (AvgIpc) is 2.70. The average molecular weight is 236 g/mol. The summed E-state index contributed by atoms with van der Waals surface area (Å²) < 4.78 is 5.19. The molecule has 0 amide bonds. The van der Waals surface area contributed by atoms with E-state index < -0.39 is 0 Å². The van der Waals surface area contributed by atoms with E-state index in [-0.39, 0.29) is 5.78 Å². The van der Waals surface area contributed by atoms with Crippen molar-refractivity contribution in [3.8, 4) is 0 Å². The number of hydrogen-bond acceptors (Lipinski definition) is 3. The second-order valence-corrected chi connectivity index (χ2v) is 3.86. The number of oxazole rings is 1. The first kappa shape index (κ1) is 10.9. The predicted octanol–water partition coefficient (Wildman–Crippen LogP) is 3.12. The van der Waals surface area contributed by atoms with Gasteiger partial charge in [0.15, 0.2) is 11.7 Å². The number of Topliss-reactive ketones (excluding diaryl/α,β-unsaturated/α-hetero) is 1. The zero-order valence-electron chi connectivity index (χ0n) is 8.74. The third-order valence-electron chi connectivity index (χ3n) is 2.21. The maximum absolute atomic E-state index is 11.0. The Morgan fingerprint density at radius 2 is 2.19 bits per heavy atom. The van der Waals surface area contributed by atoms with Crippen molar-refractivity contribution in [2.24, 2.45) is 0 Å². The number of carbonyl (C=O) groups is 1. The minimum atomic E-state index is -0.103. The molecular formula is C12H10ClNO2. The second kappa shape index (κ2) is 4.49. The largest absolute Gasteiger partial charge is 0.448 e. The van der Waals surface area contributed by atoms with E-state index >= 15 is 0 Å². The van der Waals surface area contributed by atoms with Crippen molar-refractivity contribution in [3.63, 3.8) is 0 Å². The van der Waals surface area contributed by atoms with Crippen LogP contribution in [0.2, 0.25) is 5.02 Å². The van der Waals surface area contributed by atoms with Crippen molar-refractivity contribution in [1.82, 2.24) is 4.98 Å². The molecule has 82 valence electrons. The molecule has 0 aliphatic carbocycles. The number of benzene rings is 1. The number of hydrogen-bond donors (Lipinski definition) is 0. The minimum Gasteiger partial charge on any atom is -0.448 e. The Balaban J connectivity index is 2.21. The van der Waals surface area contributed by atoms with Crippen LogP contribution in [0.4, 0.5) is 0 Å². The Bertz CT molecular complexity index is 519. The summed E-state index contributed by atoms with van der Waals surface area (Å²) in [7, 11) is 0. The molecule has 16 heavy (non-hydrogen) atoms. The van der Waals surface area contributed by atoms with Crippen LogP contribution in [0.15, 0.2) is 34.9 Å². The summed E-state index contributed by atoms with van der Waals surface area (Å²) >= 11 is 6.01. The van der Waals surface area contributed by atoms with Crippen LogP contribution in [0, 0.1) is 0 Å². The van der Waals surface area contributed by atoms with E-state index in [0.717, 1.165) is 5.56 Å². The number of carbonyl (C=O) groups excluding carboxylic acids is 1. The molecule has 0 aliphatic rings. The maximum Gasteiger partial charge on any atom is 0.199 e. The molecule has 2 aromatic rings. The molecule has 0 bridgehead atoms. The molecule has 1 aromatic carbocycles. The number of halogens is 1. The van der Waals surface area contributed by atoms with Crippen LogP contribution in [0.1, 0.15) is 28.9 Å². The van der Waals surface area contributed by atoms with Crippen molar-refractivity contribution in [3.05, 3.63) is 52.7 Å². The lowest BCUT2D eigenvalue weighted by molar-refractivity contribution is 0.101. The van der Waals surface area contributed by atoms with Gasteiger partial charge in [-0.3, -0.25) is 4.79 Å². The van der Waals surface area contributed by atoms with Crippen LogP contribution in [0.25, 0.3) is 0 Å². The van der Waals surface area contributed by atoms with E-state index in [9.17, 15) is 4.79 Å². The molecule has 2 rings (SSSR count). The Morgan fingerprint density at radius 3 is 2.81 bits per heavy atom. The van der Waals surface area contributed by atoms with Gasteiger partial charge in [0.25, 0.3) is 0 Å². The highest BCUT2D eigenvalue weighted by Gasteiger charge is 2.09. The summed E-state index contributed by atoms with van der Waals surface area (Å²) in [6, 6.07) is 7.48. The highest BCUT2D eigenvalue weighted by Crippen LogP contribution is 2.18. The molecule has 0 N–H and O–H groups in total. The van der Waals surface area contributed by atoms with E-state index in [1.807, 2.05) is 24.3 Å². The van der Waals surface area contributed by atoms with Crippen LogP contribution >= 0.6 is 11.6 Å². The Labute approximate surface area is 98.1 Å². The van der Waals surface area contributed by atoms with Crippen molar-refractivity contribution in [2.45, 2.75) is 13.3 Å². The quantitative estimate of drug-likeness (QED) is 0.768. The highest BCUT2D eigenvalue weighted by molar-refractivity contribution is 6.31. The lowest BCUT2D eigenvalue weighted by atomic mass is 10.1. The summed E-state index contributed by atoms with van der Waals surface area (Å²) in [6.45, 7) is 1.46.